The van der Waals surface area contributed by atoms with Gasteiger partial charge in [-0.3, -0.25) is 4.98 Å². The number of rotatable bonds is 0. The molecule has 0 radical (unpaired) electrons. The Morgan fingerprint density at radius 3 is 2.47 bits per heavy atom. The molecule has 4 nitrogen and oxygen atoms in total. The summed E-state index contributed by atoms with van der Waals surface area (Å²) in [7, 11) is 0. The Bertz CT molecular complexity index is 701. The van der Waals surface area contributed by atoms with Gasteiger partial charge in [0, 0.05) is 4.47 Å². The summed E-state index contributed by atoms with van der Waals surface area (Å²) in [6, 6.07) is 2.21. The van der Waals surface area contributed by atoms with Crippen molar-refractivity contribution < 1.29 is 17.6 Å². The molecule has 0 fully saturated rings. The van der Waals surface area contributed by atoms with Crippen molar-refractivity contribution in [3.8, 4) is 0 Å². The van der Waals surface area contributed by atoms with E-state index in [1.807, 2.05) is 4.98 Å². The van der Waals surface area contributed by atoms with Gasteiger partial charge in [-0.05, 0) is 12.1 Å². The molecular formula is C9H3BrF3NO3. The number of aromatic nitrogens is 1. The van der Waals surface area contributed by atoms with Crippen LogP contribution in [0.1, 0.15) is 5.56 Å². The van der Waals surface area contributed by atoms with E-state index in [0.717, 1.165) is 12.1 Å². The van der Waals surface area contributed by atoms with Crippen molar-refractivity contribution in [3.05, 3.63) is 43.1 Å². The smallest absolute Gasteiger partial charge is 0.372 e. The highest BCUT2D eigenvalue weighted by atomic mass is 79.9. The highest BCUT2D eigenvalue weighted by Gasteiger charge is 2.36. The molecule has 1 N–H and O–H groups in total. The molecule has 8 heteroatoms. The third-order valence-corrected chi connectivity index (χ3v) is 2.73. The van der Waals surface area contributed by atoms with Gasteiger partial charge in [0.15, 0.2) is 0 Å². The number of aromatic amines is 1. The maximum atomic E-state index is 12.8. The largest absolute Gasteiger partial charge is 0.419 e. The standard InChI is InChI=1S/C9H3BrF3NO3/c10-4-2-1-3-6(5(4)9(11,12)13)14-8(16)17-7(3)15/h1-2H,(H,14,16). The van der Waals surface area contributed by atoms with Gasteiger partial charge < -0.3 is 4.42 Å². The second-order valence-corrected chi connectivity index (χ2v) is 4.00. The predicted octanol–water partition coefficient (Wildman–Crippen LogP) is 2.26. The maximum Gasteiger partial charge on any atom is 0.419 e. The topological polar surface area (TPSA) is 63.1 Å². The molecule has 0 saturated carbocycles. The lowest BCUT2D eigenvalue weighted by Gasteiger charge is -2.10. The zero-order valence-electron chi connectivity index (χ0n) is 7.89. The summed E-state index contributed by atoms with van der Waals surface area (Å²) < 4.78 is 42.2. The highest BCUT2D eigenvalue weighted by molar-refractivity contribution is 9.10. The Hall–Kier alpha value is -1.57. The van der Waals surface area contributed by atoms with Gasteiger partial charge in [-0.15, -0.1) is 0 Å². The van der Waals surface area contributed by atoms with Crippen LogP contribution in [0.4, 0.5) is 13.2 Å². The third kappa shape index (κ3) is 1.99. The first kappa shape index (κ1) is 11.9. The van der Waals surface area contributed by atoms with Crippen LogP contribution in [0.25, 0.3) is 10.9 Å². The van der Waals surface area contributed by atoms with E-state index in [2.05, 4.69) is 20.3 Å². The fourth-order valence-electron chi connectivity index (χ4n) is 1.42. The molecule has 0 atom stereocenters. The summed E-state index contributed by atoms with van der Waals surface area (Å²) >= 11 is 2.73. The van der Waals surface area contributed by atoms with Gasteiger partial charge in [-0.2, -0.15) is 13.2 Å². The molecule has 1 aromatic heterocycles. The molecule has 2 aromatic rings. The molecule has 0 aliphatic carbocycles. The van der Waals surface area contributed by atoms with Crippen LogP contribution >= 0.6 is 15.9 Å². The molecule has 0 amide bonds. The van der Waals surface area contributed by atoms with E-state index in [0.29, 0.717) is 0 Å². The van der Waals surface area contributed by atoms with Crippen molar-refractivity contribution in [3.63, 3.8) is 0 Å². The number of benzene rings is 1. The van der Waals surface area contributed by atoms with Crippen LogP contribution in [0, 0.1) is 0 Å². The SMILES string of the molecule is O=c1[nH]c2c(C(F)(F)F)c(Br)ccc2c(=O)o1. The van der Waals surface area contributed by atoms with E-state index in [1.54, 1.807) is 0 Å². The number of nitrogens with one attached hydrogen (secondary N) is 1. The van der Waals surface area contributed by atoms with Crippen LogP contribution in [0.2, 0.25) is 0 Å². The minimum atomic E-state index is -4.70. The molecule has 90 valence electrons. The van der Waals surface area contributed by atoms with E-state index in [-0.39, 0.29) is 9.86 Å². The van der Waals surface area contributed by atoms with Gasteiger partial charge in [0.2, 0.25) is 0 Å². The number of fused-ring (bicyclic) bond motifs is 1. The Kier molecular flexibility index (Phi) is 2.61. The first-order valence-corrected chi connectivity index (χ1v) is 5.03. The highest BCUT2D eigenvalue weighted by Crippen LogP contribution is 2.37. The van der Waals surface area contributed by atoms with E-state index < -0.39 is 28.6 Å². The van der Waals surface area contributed by atoms with E-state index in [4.69, 9.17) is 0 Å². The summed E-state index contributed by atoms with van der Waals surface area (Å²) in [6.07, 6.45) is -4.70. The van der Waals surface area contributed by atoms with Crippen molar-refractivity contribution >= 4 is 26.8 Å². The molecule has 0 aliphatic heterocycles. The van der Waals surface area contributed by atoms with Gasteiger partial charge in [0.25, 0.3) is 0 Å². The zero-order chi connectivity index (χ0) is 12.8. The van der Waals surface area contributed by atoms with Crippen molar-refractivity contribution in [1.82, 2.24) is 4.98 Å². The maximum absolute atomic E-state index is 12.8. The minimum Gasteiger partial charge on any atom is -0.372 e. The molecule has 0 aliphatic rings. The van der Waals surface area contributed by atoms with Crippen LogP contribution < -0.4 is 11.4 Å². The Morgan fingerprint density at radius 1 is 1.24 bits per heavy atom. The van der Waals surface area contributed by atoms with E-state index >= 15 is 0 Å². The molecule has 2 rings (SSSR count). The predicted molar refractivity (Wildman–Crippen MR) is 55.8 cm³/mol. The molecular weight excluding hydrogens is 307 g/mol. The van der Waals surface area contributed by atoms with Gasteiger partial charge in [-0.25, -0.2) is 9.59 Å². The van der Waals surface area contributed by atoms with E-state index in [1.165, 1.54) is 0 Å². The van der Waals surface area contributed by atoms with Crippen LogP contribution in [-0.2, 0) is 6.18 Å². The quantitative estimate of drug-likeness (QED) is 0.812. The summed E-state index contributed by atoms with van der Waals surface area (Å²) in [6.45, 7) is 0. The lowest BCUT2D eigenvalue weighted by molar-refractivity contribution is -0.137. The first-order valence-electron chi connectivity index (χ1n) is 4.23. The van der Waals surface area contributed by atoms with Gasteiger partial charge in [0.05, 0.1) is 16.5 Å². The third-order valence-electron chi connectivity index (χ3n) is 2.07. The van der Waals surface area contributed by atoms with Crippen LogP contribution in [0.5, 0.6) is 0 Å². The van der Waals surface area contributed by atoms with Crippen LogP contribution in [0.15, 0.2) is 30.6 Å². The number of alkyl halides is 3. The lowest BCUT2D eigenvalue weighted by Crippen LogP contribution is -2.18. The zero-order valence-corrected chi connectivity index (χ0v) is 9.48. The van der Waals surface area contributed by atoms with Crippen LogP contribution in [-0.4, -0.2) is 4.98 Å². The van der Waals surface area contributed by atoms with Gasteiger partial charge in [0.1, 0.15) is 0 Å². The number of hydrogen-bond acceptors (Lipinski definition) is 3. The summed E-state index contributed by atoms with van der Waals surface area (Å²) in [4.78, 5) is 24.0. The second-order valence-electron chi connectivity index (χ2n) is 3.14. The Balaban J connectivity index is 3.06. The Labute approximate surface area is 99.2 Å². The first-order chi connectivity index (χ1) is 7.80. The normalized spacial score (nSPS) is 12.0. The monoisotopic (exact) mass is 309 g/mol. The van der Waals surface area contributed by atoms with Crippen LogP contribution in [0.3, 0.4) is 0 Å². The number of H-pyrrole nitrogens is 1. The van der Waals surface area contributed by atoms with Crippen molar-refractivity contribution in [2.24, 2.45) is 0 Å². The molecule has 0 spiro atoms. The Morgan fingerprint density at radius 2 is 1.88 bits per heavy atom. The minimum absolute atomic E-state index is 0.265. The second kappa shape index (κ2) is 3.73. The summed E-state index contributed by atoms with van der Waals surface area (Å²) in [5.41, 5.74) is -2.81. The van der Waals surface area contributed by atoms with Gasteiger partial charge >= 0.3 is 17.6 Å². The molecule has 1 heterocycles. The average molecular weight is 310 g/mol. The molecule has 17 heavy (non-hydrogen) atoms. The molecule has 0 unspecified atom stereocenters. The fraction of sp³-hybridized carbons (Fsp3) is 0.111. The van der Waals surface area contributed by atoms with Gasteiger partial charge in [-0.1, -0.05) is 15.9 Å². The molecule has 1 aromatic carbocycles. The molecule has 0 bridgehead atoms. The molecule has 0 saturated heterocycles. The number of halogens is 4. The lowest BCUT2D eigenvalue weighted by atomic mass is 10.1. The fourth-order valence-corrected chi connectivity index (χ4v) is 1.98. The summed E-state index contributed by atoms with van der Waals surface area (Å²) in [5, 5.41) is -0.333. The summed E-state index contributed by atoms with van der Waals surface area (Å²) in [5.74, 6) is -1.23. The van der Waals surface area contributed by atoms with Crippen molar-refractivity contribution in [2.75, 3.05) is 0 Å². The average Bonchev–Trinajstić information content (AvgIpc) is 2.13. The van der Waals surface area contributed by atoms with Crippen molar-refractivity contribution in [1.29, 1.82) is 0 Å². The number of hydrogen-bond donors (Lipinski definition) is 1. The van der Waals surface area contributed by atoms with E-state index in [9.17, 15) is 22.8 Å². The van der Waals surface area contributed by atoms with Crippen molar-refractivity contribution in [2.45, 2.75) is 6.18 Å².